The SMILES string of the molecule is [CH2-]C[Si](C)(C)OC.[W]. The van der Waals surface area contributed by atoms with Crippen molar-refractivity contribution in [2.24, 2.45) is 0 Å². The summed E-state index contributed by atoms with van der Waals surface area (Å²) in [6.07, 6.45) is 0. The zero-order valence-electron chi connectivity index (χ0n) is 5.73. The molecule has 0 aromatic rings. The van der Waals surface area contributed by atoms with Crippen LogP contribution < -0.4 is 0 Å². The van der Waals surface area contributed by atoms with Gasteiger partial charge in [0.05, 0.1) is 0 Å². The van der Waals surface area contributed by atoms with Crippen LogP contribution in [-0.4, -0.2) is 15.4 Å². The van der Waals surface area contributed by atoms with Crippen LogP contribution >= 0.6 is 0 Å². The smallest absolute Gasteiger partial charge is 0.157 e. The van der Waals surface area contributed by atoms with Gasteiger partial charge in [-0.05, 0) is 13.1 Å². The van der Waals surface area contributed by atoms with E-state index < -0.39 is 8.32 Å². The summed E-state index contributed by atoms with van der Waals surface area (Å²) < 4.78 is 5.16. The van der Waals surface area contributed by atoms with Gasteiger partial charge in [-0.15, -0.1) is 0 Å². The zero-order chi connectivity index (χ0) is 5.91. The molecule has 1 nitrogen and oxygen atoms in total. The van der Waals surface area contributed by atoms with Crippen LogP contribution in [0.1, 0.15) is 0 Å². The van der Waals surface area contributed by atoms with Crippen LogP contribution in [0.25, 0.3) is 0 Å². The van der Waals surface area contributed by atoms with E-state index >= 15 is 0 Å². The maximum atomic E-state index is 5.16. The van der Waals surface area contributed by atoms with Crippen molar-refractivity contribution in [1.29, 1.82) is 0 Å². The zero-order valence-corrected chi connectivity index (χ0v) is 9.66. The summed E-state index contributed by atoms with van der Waals surface area (Å²) >= 11 is 0. The molecule has 0 heterocycles. The Bertz CT molecular complexity index is 50.4. The Morgan fingerprint density at radius 2 is 1.88 bits per heavy atom. The maximum absolute atomic E-state index is 5.16. The molecule has 0 rings (SSSR count). The van der Waals surface area contributed by atoms with Crippen molar-refractivity contribution in [2.75, 3.05) is 7.11 Å². The third kappa shape index (κ3) is 5.01. The second-order valence-electron chi connectivity index (χ2n) is 2.21. The van der Waals surface area contributed by atoms with E-state index in [4.69, 9.17) is 4.43 Å². The summed E-state index contributed by atoms with van der Waals surface area (Å²) in [4.78, 5) is 0. The molecule has 0 aromatic heterocycles. The number of hydrogen-bond donors (Lipinski definition) is 0. The van der Waals surface area contributed by atoms with E-state index in [-0.39, 0.29) is 21.1 Å². The van der Waals surface area contributed by atoms with E-state index in [2.05, 4.69) is 20.0 Å². The Hall–Kier alpha value is 0.865. The van der Waals surface area contributed by atoms with Crippen LogP contribution in [0.2, 0.25) is 19.1 Å². The fourth-order valence-electron chi connectivity index (χ4n) is 0.102. The van der Waals surface area contributed by atoms with Crippen molar-refractivity contribution >= 4 is 8.32 Å². The monoisotopic (exact) mass is 301 g/mol. The summed E-state index contributed by atoms with van der Waals surface area (Å²) in [6.45, 7) is 8.07. The summed E-state index contributed by atoms with van der Waals surface area (Å²) in [7, 11) is 0.499. The molecule has 0 fully saturated rings. The molecule has 3 heteroatoms. The Morgan fingerprint density at radius 3 is 1.88 bits per heavy atom. The fourth-order valence-corrected chi connectivity index (χ4v) is 0.306. The predicted molar refractivity (Wildman–Crippen MR) is 34.7 cm³/mol. The molecule has 8 heavy (non-hydrogen) atoms. The standard InChI is InChI=1S/C5H13OSi.W/c1-5-7(3,4)6-2;/h1,5H2,2-4H3;/q-1;. The number of hydrogen-bond acceptors (Lipinski definition) is 1. The molecule has 0 spiro atoms. The second kappa shape index (κ2) is 4.72. The molecule has 0 aliphatic carbocycles. The van der Waals surface area contributed by atoms with Gasteiger partial charge in [0.25, 0.3) is 0 Å². The Labute approximate surface area is 67.2 Å². The van der Waals surface area contributed by atoms with Gasteiger partial charge in [0.2, 0.25) is 0 Å². The third-order valence-corrected chi connectivity index (χ3v) is 3.46. The molecular weight excluding hydrogens is 288 g/mol. The van der Waals surface area contributed by atoms with Crippen molar-refractivity contribution in [2.45, 2.75) is 19.1 Å². The predicted octanol–water partition coefficient (Wildman–Crippen LogP) is 1.67. The molecule has 0 saturated carbocycles. The minimum absolute atomic E-state index is 0. The van der Waals surface area contributed by atoms with Crippen LogP contribution in [0.4, 0.5) is 0 Å². The Kier molecular flexibility index (Phi) is 6.86. The van der Waals surface area contributed by atoms with Crippen molar-refractivity contribution < 1.29 is 25.5 Å². The van der Waals surface area contributed by atoms with E-state index in [0.717, 1.165) is 6.04 Å². The van der Waals surface area contributed by atoms with Crippen molar-refractivity contribution in [3.8, 4) is 0 Å². The van der Waals surface area contributed by atoms with Crippen LogP contribution in [0.3, 0.4) is 0 Å². The normalized spacial score (nSPS) is 10.5. The van der Waals surface area contributed by atoms with Crippen LogP contribution in [0.15, 0.2) is 0 Å². The molecule has 50 valence electrons. The van der Waals surface area contributed by atoms with Gasteiger partial charge in [0.1, 0.15) is 0 Å². The van der Waals surface area contributed by atoms with Gasteiger partial charge in [-0.1, -0.05) is 0 Å². The summed E-state index contributed by atoms with van der Waals surface area (Å²) in [6, 6.07) is 0.962. The van der Waals surface area contributed by atoms with E-state index in [1.165, 1.54) is 0 Å². The quantitative estimate of drug-likeness (QED) is 0.557. The minimum atomic E-state index is -1.26. The summed E-state index contributed by atoms with van der Waals surface area (Å²) in [5.74, 6) is 0. The molecule has 0 bridgehead atoms. The van der Waals surface area contributed by atoms with E-state index in [1.807, 2.05) is 0 Å². The van der Waals surface area contributed by atoms with Crippen molar-refractivity contribution in [3.63, 3.8) is 0 Å². The number of rotatable bonds is 2. The van der Waals surface area contributed by atoms with Gasteiger partial charge in [0.15, 0.2) is 8.32 Å². The van der Waals surface area contributed by atoms with Gasteiger partial charge in [-0.25, -0.2) is 0 Å². The van der Waals surface area contributed by atoms with Gasteiger partial charge in [0, 0.05) is 28.2 Å². The van der Waals surface area contributed by atoms with E-state index in [9.17, 15) is 0 Å². The third-order valence-electron chi connectivity index (χ3n) is 1.15. The molecule has 0 aliphatic rings. The van der Waals surface area contributed by atoms with Gasteiger partial charge < -0.3 is 11.3 Å². The average molecular weight is 301 g/mol. The summed E-state index contributed by atoms with van der Waals surface area (Å²) in [5, 5.41) is 0. The van der Waals surface area contributed by atoms with Crippen LogP contribution in [0, 0.1) is 6.92 Å². The molecule has 0 N–H and O–H groups in total. The fraction of sp³-hybridized carbons (Fsp3) is 0.800. The van der Waals surface area contributed by atoms with Gasteiger partial charge in [-0.3, -0.25) is 0 Å². The van der Waals surface area contributed by atoms with Crippen LogP contribution in [-0.2, 0) is 25.5 Å². The first-order valence-corrected chi connectivity index (χ1v) is 5.58. The van der Waals surface area contributed by atoms with E-state index in [0.29, 0.717) is 0 Å². The second-order valence-corrected chi connectivity index (χ2v) is 6.64. The molecular formula is C5H13OSiW-. The molecule has 0 unspecified atom stereocenters. The Morgan fingerprint density at radius 1 is 1.50 bits per heavy atom. The molecule has 0 amide bonds. The van der Waals surface area contributed by atoms with Crippen molar-refractivity contribution in [3.05, 3.63) is 6.92 Å². The molecule has 0 aliphatic heterocycles. The largest absolute Gasteiger partial charge is 0.423 e. The topological polar surface area (TPSA) is 9.23 Å². The maximum Gasteiger partial charge on any atom is 0.157 e. The van der Waals surface area contributed by atoms with E-state index in [1.54, 1.807) is 7.11 Å². The Balaban J connectivity index is 0. The first-order valence-electron chi connectivity index (χ1n) is 2.47. The molecule has 0 atom stereocenters. The van der Waals surface area contributed by atoms with Gasteiger partial charge >= 0.3 is 0 Å². The summed E-state index contributed by atoms with van der Waals surface area (Å²) in [5.41, 5.74) is 0. The molecule has 0 saturated heterocycles. The van der Waals surface area contributed by atoms with Gasteiger partial charge in [-0.2, -0.15) is 6.04 Å². The molecule has 0 aromatic carbocycles. The first-order chi connectivity index (χ1) is 3.12. The first kappa shape index (κ1) is 11.6. The average Bonchev–Trinajstić information content (AvgIpc) is 1.68. The minimum Gasteiger partial charge on any atom is -0.423 e. The van der Waals surface area contributed by atoms with Crippen molar-refractivity contribution in [1.82, 2.24) is 0 Å². The molecule has 0 radical (unpaired) electrons. The van der Waals surface area contributed by atoms with Crippen LogP contribution in [0.5, 0.6) is 0 Å².